The summed E-state index contributed by atoms with van der Waals surface area (Å²) in [5.74, 6) is 0.850. The predicted octanol–water partition coefficient (Wildman–Crippen LogP) is 2.62. The molecule has 1 N–H and O–H groups in total. The number of nitrogens with one attached hydrogen (secondary N) is 1. The lowest BCUT2D eigenvalue weighted by Crippen LogP contribution is -1.96. The lowest BCUT2D eigenvalue weighted by atomic mass is 10.3. The lowest BCUT2D eigenvalue weighted by Gasteiger charge is -1.96. The number of sulfone groups is 1. The van der Waals surface area contributed by atoms with Crippen molar-refractivity contribution in [1.29, 1.82) is 0 Å². The van der Waals surface area contributed by atoms with Crippen molar-refractivity contribution < 1.29 is 8.42 Å². The number of thiophene rings is 1. The number of hydrogen-bond acceptors (Lipinski definition) is 4. The van der Waals surface area contributed by atoms with Crippen LogP contribution in [0.5, 0.6) is 0 Å². The highest BCUT2D eigenvalue weighted by Gasteiger charge is 2.10. The van der Waals surface area contributed by atoms with Crippen LogP contribution in [0.25, 0.3) is 11.0 Å². The number of fused-ring (bicyclic) bond motifs is 1. The highest BCUT2D eigenvalue weighted by Crippen LogP contribution is 2.19. The number of rotatable bonds is 3. The Kier molecular flexibility index (Phi) is 2.91. The van der Waals surface area contributed by atoms with Gasteiger partial charge in [0.2, 0.25) is 0 Å². The molecule has 19 heavy (non-hydrogen) atoms. The summed E-state index contributed by atoms with van der Waals surface area (Å²) < 4.78 is 23.0. The van der Waals surface area contributed by atoms with Crippen LogP contribution in [-0.2, 0) is 16.3 Å². The molecule has 0 saturated carbocycles. The number of aromatic amines is 1. The first-order valence-electron chi connectivity index (χ1n) is 5.73. The first-order chi connectivity index (χ1) is 9.02. The number of hydrogen-bond donors (Lipinski definition) is 1. The molecule has 0 aliphatic carbocycles. The van der Waals surface area contributed by atoms with Gasteiger partial charge in [-0.2, -0.15) is 0 Å². The second-order valence-corrected chi connectivity index (χ2v) is 7.44. The van der Waals surface area contributed by atoms with E-state index in [0.29, 0.717) is 4.90 Å². The van der Waals surface area contributed by atoms with E-state index < -0.39 is 9.84 Å². The molecular weight excluding hydrogens is 280 g/mol. The summed E-state index contributed by atoms with van der Waals surface area (Å²) in [4.78, 5) is 9.18. The first kappa shape index (κ1) is 12.4. The van der Waals surface area contributed by atoms with Crippen molar-refractivity contribution >= 4 is 32.2 Å². The topological polar surface area (TPSA) is 62.8 Å². The highest BCUT2D eigenvalue weighted by atomic mass is 32.2. The Morgan fingerprint density at radius 2 is 2.16 bits per heavy atom. The van der Waals surface area contributed by atoms with E-state index in [-0.39, 0.29) is 0 Å². The molecule has 98 valence electrons. The highest BCUT2D eigenvalue weighted by molar-refractivity contribution is 7.90. The number of imidazole rings is 1. The minimum atomic E-state index is -3.18. The van der Waals surface area contributed by atoms with Gasteiger partial charge in [0.1, 0.15) is 5.82 Å². The van der Waals surface area contributed by atoms with E-state index in [9.17, 15) is 8.42 Å². The predicted molar refractivity (Wildman–Crippen MR) is 76.3 cm³/mol. The zero-order valence-corrected chi connectivity index (χ0v) is 11.9. The molecule has 3 aromatic rings. The Morgan fingerprint density at radius 3 is 2.84 bits per heavy atom. The quantitative estimate of drug-likeness (QED) is 0.807. The zero-order valence-electron chi connectivity index (χ0n) is 10.3. The molecule has 0 saturated heterocycles. The Morgan fingerprint density at radius 1 is 1.32 bits per heavy atom. The molecule has 0 fully saturated rings. The number of H-pyrrole nitrogens is 1. The third-order valence-corrected chi connectivity index (χ3v) is 4.84. The summed E-state index contributed by atoms with van der Waals surface area (Å²) in [5.41, 5.74) is 1.55. The lowest BCUT2D eigenvalue weighted by molar-refractivity contribution is 0.602. The van der Waals surface area contributed by atoms with Crippen molar-refractivity contribution in [1.82, 2.24) is 9.97 Å². The fourth-order valence-electron chi connectivity index (χ4n) is 1.93. The Hall–Kier alpha value is -1.66. The van der Waals surface area contributed by atoms with Crippen LogP contribution in [0, 0.1) is 0 Å². The SMILES string of the molecule is CS(=O)(=O)c1ccc2nc(Cc3cccs3)[nH]c2c1. The molecule has 6 heteroatoms. The number of nitrogens with zero attached hydrogens (tertiary/aromatic N) is 1. The van der Waals surface area contributed by atoms with E-state index >= 15 is 0 Å². The van der Waals surface area contributed by atoms with E-state index in [1.807, 2.05) is 11.4 Å². The molecule has 2 aromatic heterocycles. The summed E-state index contributed by atoms with van der Waals surface area (Å²) in [7, 11) is -3.18. The van der Waals surface area contributed by atoms with Crippen LogP contribution in [0.1, 0.15) is 10.7 Å². The van der Waals surface area contributed by atoms with E-state index in [0.717, 1.165) is 23.3 Å². The summed E-state index contributed by atoms with van der Waals surface area (Å²) in [6.45, 7) is 0. The smallest absolute Gasteiger partial charge is 0.175 e. The second kappa shape index (κ2) is 4.47. The van der Waals surface area contributed by atoms with Crippen LogP contribution in [0.2, 0.25) is 0 Å². The van der Waals surface area contributed by atoms with Crippen molar-refractivity contribution in [3.05, 3.63) is 46.4 Å². The van der Waals surface area contributed by atoms with Crippen molar-refractivity contribution in [2.24, 2.45) is 0 Å². The van der Waals surface area contributed by atoms with Gasteiger partial charge in [-0.05, 0) is 29.6 Å². The fourth-order valence-corrected chi connectivity index (χ4v) is 3.29. The molecule has 0 aliphatic rings. The van der Waals surface area contributed by atoms with Crippen molar-refractivity contribution in [2.75, 3.05) is 6.26 Å². The van der Waals surface area contributed by atoms with Crippen molar-refractivity contribution in [3.63, 3.8) is 0 Å². The fraction of sp³-hybridized carbons (Fsp3) is 0.154. The van der Waals surface area contributed by atoms with Crippen LogP contribution >= 0.6 is 11.3 Å². The molecule has 0 radical (unpaired) electrons. The van der Waals surface area contributed by atoms with E-state index in [4.69, 9.17) is 0 Å². The van der Waals surface area contributed by atoms with Gasteiger partial charge in [0, 0.05) is 17.6 Å². The maximum atomic E-state index is 11.5. The molecule has 0 atom stereocenters. The average Bonchev–Trinajstić information content (AvgIpc) is 2.95. The van der Waals surface area contributed by atoms with Crippen molar-refractivity contribution in [3.8, 4) is 0 Å². The molecule has 0 unspecified atom stereocenters. The Bertz CT molecular complexity index is 818. The normalized spacial score (nSPS) is 12.1. The average molecular weight is 292 g/mol. The van der Waals surface area contributed by atoms with Gasteiger partial charge in [-0.25, -0.2) is 13.4 Å². The zero-order chi connectivity index (χ0) is 13.5. The third-order valence-electron chi connectivity index (χ3n) is 2.85. The number of aromatic nitrogens is 2. The molecule has 0 aliphatic heterocycles. The van der Waals surface area contributed by atoms with Gasteiger partial charge in [0.15, 0.2) is 9.84 Å². The van der Waals surface area contributed by atoms with Gasteiger partial charge in [-0.3, -0.25) is 0 Å². The van der Waals surface area contributed by atoms with E-state index in [2.05, 4.69) is 16.0 Å². The monoisotopic (exact) mass is 292 g/mol. The molecule has 0 amide bonds. The van der Waals surface area contributed by atoms with Crippen LogP contribution in [0.4, 0.5) is 0 Å². The van der Waals surface area contributed by atoms with Crippen LogP contribution in [0.15, 0.2) is 40.6 Å². The molecule has 0 bridgehead atoms. The molecule has 3 rings (SSSR count). The summed E-state index contributed by atoms with van der Waals surface area (Å²) in [5, 5.41) is 2.03. The second-order valence-electron chi connectivity index (χ2n) is 4.39. The molecule has 2 heterocycles. The van der Waals surface area contributed by atoms with Gasteiger partial charge in [-0.15, -0.1) is 11.3 Å². The summed E-state index contributed by atoms with van der Waals surface area (Å²) in [6, 6.07) is 9.02. The largest absolute Gasteiger partial charge is 0.342 e. The van der Waals surface area contributed by atoms with Gasteiger partial charge < -0.3 is 4.98 Å². The van der Waals surface area contributed by atoms with Crippen LogP contribution in [-0.4, -0.2) is 24.6 Å². The minimum absolute atomic E-state index is 0.311. The van der Waals surface area contributed by atoms with Crippen LogP contribution in [0.3, 0.4) is 0 Å². The Balaban J connectivity index is 2.01. The molecule has 4 nitrogen and oxygen atoms in total. The number of benzene rings is 1. The summed E-state index contributed by atoms with van der Waals surface area (Å²) >= 11 is 1.68. The minimum Gasteiger partial charge on any atom is -0.342 e. The molecule has 1 aromatic carbocycles. The van der Waals surface area contributed by atoms with E-state index in [1.165, 1.54) is 11.1 Å². The van der Waals surface area contributed by atoms with Gasteiger partial charge >= 0.3 is 0 Å². The third kappa shape index (κ3) is 2.54. The van der Waals surface area contributed by atoms with Crippen LogP contribution < -0.4 is 0 Å². The first-order valence-corrected chi connectivity index (χ1v) is 8.50. The van der Waals surface area contributed by atoms with E-state index in [1.54, 1.807) is 29.5 Å². The maximum Gasteiger partial charge on any atom is 0.175 e. The van der Waals surface area contributed by atoms with Gasteiger partial charge in [0.25, 0.3) is 0 Å². The van der Waals surface area contributed by atoms with Gasteiger partial charge in [-0.1, -0.05) is 6.07 Å². The van der Waals surface area contributed by atoms with Gasteiger partial charge in [0.05, 0.1) is 15.9 Å². The Labute approximate surface area is 115 Å². The molecular formula is C13H12N2O2S2. The summed E-state index contributed by atoms with van der Waals surface area (Å²) in [6.07, 6.45) is 1.94. The standard InChI is InChI=1S/C13H12N2O2S2/c1-19(16,17)10-4-5-11-12(8-10)15-13(14-11)7-9-3-2-6-18-9/h2-6,8H,7H2,1H3,(H,14,15). The molecule has 0 spiro atoms. The maximum absolute atomic E-state index is 11.5. The van der Waals surface area contributed by atoms with Crippen molar-refractivity contribution in [2.45, 2.75) is 11.3 Å².